The van der Waals surface area contributed by atoms with E-state index in [9.17, 15) is 9.59 Å². The van der Waals surface area contributed by atoms with Crippen LogP contribution in [0.3, 0.4) is 0 Å². The first-order valence-electron chi connectivity index (χ1n) is 7.34. The highest BCUT2D eigenvalue weighted by Gasteiger charge is 2.34. The van der Waals surface area contributed by atoms with Crippen LogP contribution in [0.1, 0.15) is 32.5 Å². The Morgan fingerprint density at radius 2 is 2.10 bits per heavy atom. The Bertz CT molecular complexity index is 732. The van der Waals surface area contributed by atoms with Gasteiger partial charge >= 0.3 is 0 Å². The molecule has 0 atom stereocenters. The van der Waals surface area contributed by atoms with Gasteiger partial charge in [-0.15, -0.1) is 0 Å². The predicted molar refractivity (Wildman–Crippen MR) is 80.8 cm³/mol. The largest absolute Gasteiger partial charge is 0.333 e. The van der Waals surface area contributed by atoms with E-state index in [0.717, 1.165) is 12.8 Å². The zero-order valence-electron chi connectivity index (χ0n) is 12.3. The zero-order valence-corrected chi connectivity index (χ0v) is 12.3. The average Bonchev–Trinajstić information content (AvgIpc) is 3.28. The molecule has 110 valence electrons. The number of H-pyrrole nitrogens is 1. The number of carbonyl (C=O) groups is 1. The van der Waals surface area contributed by atoms with Gasteiger partial charge in [0.15, 0.2) is 0 Å². The summed E-state index contributed by atoms with van der Waals surface area (Å²) in [5.74, 6) is 0.877. The van der Waals surface area contributed by atoms with Crippen molar-refractivity contribution in [3.8, 4) is 0 Å². The number of nitrogens with one attached hydrogen (secondary N) is 1. The first kappa shape index (κ1) is 13.8. The summed E-state index contributed by atoms with van der Waals surface area (Å²) in [5.41, 5.74) is 0.511. The Morgan fingerprint density at radius 1 is 1.38 bits per heavy atom. The number of rotatable bonds is 4. The van der Waals surface area contributed by atoms with E-state index in [-0.39, 0.29) is 23.4 Å². The summed E-state index contributed by atoms with van der Waals surface area (Å²) in [5, 5.41) is 0.575. The molecule has 5 nitrogen and oxygen atoms in total. The summed E-state index contributed by atoms with van der Waals surface area (Å²) in [6.45, 7) is 4.33. The highest BCUT2D eigenvalue weighted by Crippen LogP contribution is 2.32. The molecule has 1 aliphatic carbocycles. The van der Waals surface area contributed by atoms with Gasteiger partial charge in [0.25, 0.3) is 5.56 Å². The van der Waals surface area contributed by atoms with Crippen molar-refractivity contribution in [3.05, 3.63) is 40.4 Å². The first-order chi connectivity index (χ1) is 10.1. The molecule has 1 aromatic carbocycles. The van der Waals surface area contributed by atoms with E-state index in [0.29, 0.717) is 23.3 Å². The van der Waals surface area contributed by atoms with Crippen molar-refractivity contribution < 1.29 is 4.79 Å². The van der Waals surface area contributed by atoms with Gasteiger partial charge in [0.2, 0.25) is 5.91 Å². The van der Waals surface area contributed by atoms with Crippen molar-refractivity contribution in [1.82, 2.24) is 14.9 Å². The minimum atomic E-state index is -0.154. The van der Waals surface area contributed by atoms with E-state index in [1.165, 1.54) is 0 Å². The summed E-state index contributed by atoms with van der Waals surface area (Å²) >= 11 is 0. The second-order valence-corrected chi connectivity index (χ2v) is 5.86. The van der Waals surface area contributed by atoms with Crippen LogP contribution in [0, 0.1) is 5.92 Å². The number of nitrogens with zero attached hydrogens (tertiary/aromatic N) is 2. The van der Waals surface area contributed by atoms with Crippen LogP contribution in [-0.2, 0) is 11.3 Å². The lowest BCUT2D eigenvalue weighted by Crippen LogP contribution is -2.38. The summed E-state index contributed by atoms with van der Waals surface area (Å²) in [4.78, 5) is 33.4. The molecule has 1 aromatic heterocycles. The lowest BCUT2D eigenvalue weighted by Gasteiger charge is -2.26. The van der Waals surface area contributed by atoms with Crippen molar-refractivity contribution >= 4 is 16.8 Å². The number of carbonyl (C=O) groups excluding carboxylic acids is 1. The minimum Gasteiger partial charge on any atom is -0.333 e. The van der Waals surface area contributed by atoms with Gasteiger partial charge in [-0.3, -0.25) is 9.59 Å². The number of para-hydroxylation sites is 1. The van der Waals surface area contributed by atoms with Gasteiger partial charge in [0.05, 0.1) is 17.4 Å². The van der Waals surface area contributed by atoms with Crippen LogP contribution in [0.2, 0.25) is 0 Å². The summed E-state index contributed by atoms with van der Waals surface area (Å²) in [6, 6.07) is 7.33. The number of benzene rings is 1. The van der Waals surface area contributed by atoms with Crippen molar-refractivity contribution in [2.75, 3.05) is 0 Å². The molecule has 5 heteroatoms. The lowest BCUT2D eigenvalue weighted by atomic mass is 10.2. The topological polar surface area (TPSA) is 66.1 Å². The third-order valence-corrected chi connectivity index (χ3v) is 3.82. The number of hydrogen-bond donors (Lipinski definition) is 1. The monoisotopic (exact) mass is 285 g/mol. The van der Waals surface area contributed by atoms with E-state index in [1.54, 1.807) is 11.0 Å². The third-order valence-electron chi connectivity index (χ3n) is 3.82. The molecule has 21 heavy (non-hydrogen) atoms. The quantitative estimate of drug-likeness (QED) is 0.935. The number of fused-ring (bicyclic) bond motifs is 1. The van der Waals surface area contributed by atoms with Crippen LogP contribution in [0.4, 0.5) is 0 Å². The van der Waals surface area contributed by atoms with Gasteiger partial charge in [-0.25, -0.2) is 4.98 Å². The Balaban J connectivity index is 1.92. The maximum Gasteiger partial charge on any atom is 0.258 e. The van der Waals surface area contributed by atoms with E-state index >= 15 is 0 Å². The molecule has 2 aromatic rings. The molecule has 0 radical (unpaired) electrons. The Kier molecular flexibility index (Phi) is 3.49. The molecule has 0 unspecified atom stereocenters. The Hall–Kier alpha value is -2.17. The van der Waals surface area contributed by atoms with Crippen LogP contribution in [0.25, 0.3) is 10.9 Å². The van der Waals surface area contributed by atoms with Crippen LogP contribution < -0.4 is 5.56 Å². The van der Waals surface area contributed by atoms with Gasteiger partial charge in [-0.1, -0.05) is 12.1 Å². The first-order valence-corrected chi connectivity index (χ1v) is 7.34. The van der Waals surface area contributed by atoms with Crippen LogP contribution in [-0.4, -0.2) is 26.8 Å². The predicted octanol–water partition coefficient (Wildman–Crippen LogP) is 2.07. The molecule has 1 aliphatic rings. The van der Waals surface area contributed by atoms with E-state index in [1.807, 2.05) is 32.0 Å². The van der Waals surface area contributed by atoms with Gasteiger partial charge in [0.1, 0.15) is 5.82 Å². The molecule has 1 saturated carbocycles. The second-order valence-electron chi connectivity index (χ2n) is 5.86. The number of aromatic nitrogens is 2. The van der Waals surface area contributed by atoms with Gasteiger partial charge in [-0.2, -0.15) is 0 Å². The van der Waals surface area contributed by atoms with E-state index in [2.05, 4.69) is 9.97 Å². The highest BCUT2D eigenvalue weighted by molar-refractivity contribution is 5.81. The molecular formula is C16H19N3O2. The molecule has 1 fully saturated rings. The Labute approximate surface area is 123 Å². The molecule has 0 aliphatic heterocycles. The van der Waals surface area contributed by atoms with Gasteiger partial charge in [0, 0.05) is 12.0 Å². The molecule has 3 rings (SSSR count). The molecule has 1 N–H and O–H groups in total. The number of amides is 1. The molecule has 1 heterocycles. The van der Waals surface area contributed by atoms with Crippen molar-refractivity contribution in [3.63, 3.8) is 0 Å². The van der Waals surface area contributed by atoms with Crippen LogP contribution in [0.15, 0.2) is 29.1 Å². The van der Waals surface area contributed by atoms with Crippen LogP contribution >= 0.6 is 0 Å². The average molecular weight is 285 g/mol. The van der Waals surface area contributed by atoms with Gasteiger partial charge < -0.3 is 9.88 Å². The maximum absolute atomic E-state index is 12.3. The Morgan fingerprint density at radius 3 is 2.76 bits per heavy atom. The standard InChI is InChI=1S/C16H19N3O2/c1-10(2)19(16(21)11-7-8-11)9-14-17-13-6-4-3-5-12(13)15(20)18-14/h3-6,10-11H,7-9H2,1-2H3,(H,17,18,20). The second kappa shape index (κ2) is 5.31. The molecule has 1 amide bonds. The minimum absolute atomic E-state index is 0.0925. The van der Waals surface area contributed by atoms with Crippen molar-refractivity contribution in [1.29, 1.82) is 0 Å². The SMILES string of the molecule is CC(C)N(Cc1nc2ccccc2c(=O)[nH]1)C(=O)C1CC1. The molecule has 0 saturated heterocycles. The fourth-order valence-corrected chi connectivity index (χ4v) is 2.45. The smallest absolute Gasteiger partial charge is 0.258 e. The molecule has 0 spiro atoms. The fourth-order valence-electron chi connectivity index (χ4n) is 2.45. The van der Waals surface area contributed by atoms with Crippen molar-refractivity contribution in [2.45, 2.75) is 39.3 Å². The third kappa shape index (κ3) is 2.82. The van der Waals surface area contributed by atoms with Crippen molar-refractivity contribution in [2.24, 2.45) is 5.92 Å². The summed E-state index contributed by atoms with van der Waals surface area (Å²) < 4.78 is 0. The number of hydrogen-bond acceptors (Lipinski definition) is 3. The fraction of sp³-hybridized carbons (Fsp3) is 0.438. The van der Waals surface area contributed by atoms with E-state index in [4.69, 9.17) is 0 Å². The zero-order chi connectivity index (χ0) is 15.0. The summed E-state index contributed by atoms with van der Waals surface area (Å²) in [7, 11) is 0. The normalized spacial score (nSPS) is 14.6. The summed E-state index contributed by atoms with van der Waals surface area (Å²) in [6.07, 6.45) is 1.95. The van der Waals surface area contributed by atoms with Crippen LogP contribution in [0.5, 0.6) is 0 Å². The maximum atomic E-state index is 12.3. The van der Waals surface area contributed by atoms with Gasteiger partial charge in [-0.05, 0) is 38.8 Å². The highest BCUT2D eigenvalue weighted by atomic mass is 16.2. The van der Waals surface area contributed by atoms with E-state index < -0.39 is 0 Å². The number of aromatic amines is 1. The lowest BCUT2D eigenvalue weighted by molar-refractivity contribution is -0.135. The molecule has 0 bridgehead atoms. The molecular weight excluding hydrogens is 266 g/mol.